The molecular weight excluding hydrogens is 728 g/mol. The van der Waals surface area contributed by atoms with Crippen LogP contribution in [0.2, 0.25) is 0 Å². The molecule has 15 heteroatoms. The normalized spacial score (nSPS) is 20.7. The molecule has 0 unspecified atom stereocenters. The summed E-state index contributed by atoms with van der Waals surface area (Å²) in [5.41, 5.74) is 0.662. The number of hydrogen-bond donors (Lipinski definition) is 1. The van der Waals surface area contributed by atoms with Crippen molar-refractivity contribution >= 4 is 39.7 Å². The number of ether oxygens (including phenoxy) is 1. The Morgan fingerprint density at radius 3 is 2.16 bits per heavy atom. The van der Waals surface area contributed by atoms with Crippen molar-refractivity contribution in [3.63, 3.8) is 0 Å². The van der Waals surface area contributed by atoms with E-state index >= 15 is 17.6 Å². The Hall–Kier alpha value is -4.56. The van der Waals surface area contributed by atoms with E-state index < -0.39 is 96.7 Å². The van der Waals surface area contributed by atoms with Crippen LogP contribution in [0, 0.1) is 23.5 Å². The molecule has 0 spiro atoms. The van der Waals surface area contributed by atoms with Gasteiger partial charge in [-0.3, -0.25) is 14.4 Å². The molecule has 2 saturated heterocycles. The molecule has 4 heterocycles. The molecule has 0 radical (unpaired) electrons. The number of rotatable bonds is 11. The van der Waals surface area contributed by atoms with Crippen LogP contribution in [-0.2, 0) is 32.1 Å². The Kier molecular flexibility index (Phi) is 10.8. The number of nitrogens with zero attached hydrogens (tertiary/aromatic N) is 4. The van der Waals surface area contributed by atoms with Gasteiger partial charge in [-0.15, -0.1) is 0 Å². The molecule has 2 aromatic carbocycles. The zero-order valence-corrected chi connectivity index (χ0v) is 31.8. The van der Waals surface area contributed by atoms with Crippen LogP contribution >= 0.6 is 0 Å². The third-order valence-electron chi connectivity index (χ3n) is 10.7. The Labute approximate surface area is 315 Å². The molecule has 9 nitrogen and oxygen atoms in total. The third kappa shape index (κ3) is 8.50. The molecule has 2 fully saturated rings. The number of fused-ring (bicyclic) bond motifs is 2. The smallest absolute Gasteiger partial charge is 0.307 e. The van der Waals surface area contributed by atoms with Crippen LogP contribution in [0.15, 0.2) is 36.4 Å². The molecule has 0 bridgehead atoms. The fourth-order valence-electron chi connectivity index (χ4n) is 7.90. The van der Waals surface area contributed by atoms with Crippen LogP contribution in [0.4, 0.5) is 26.3 Å². The van der Waals surface area contributed by atoms with Crippen LogP contribution in [0.1, 0.15) is 79.2 Å². The average Bonchev–Trinajstić information content (AvgIpc) is 3.80. The van der Waals surface area contributed by atoms with Gasteiger partial charge < -0.3 is 24.1 Å². The maximum atomic E-state index is 15.3. The largest absolute Gasteiger partial charge is 0.460 e. The molecule has 1 N–H and O–H groups in total. The van der Waals surface area contributed by atoms with Crippen molar-refractivity contribution in [3.8, 4) is 11.5 Å². The van der Waals surface area contributed by atoms with E-state index in [-0.39, 0.29) is 48.4 Å². The first-order chi connectivity index (χ1) is 25.7. The fraction of sp³-hybridized carbons (Fsp3) is 0.550. The van der Waals surface area contributed by atoms with E-state index in [0.29, 0.717) is 22.9 Å². The van der Waals surface area contributed by atoms with Crippen molar-refractivity contribution in [3.05, 3.63) is 53.6 Å². The Balaban J connectivity index is 1.44. The number of esters is 1. The van der Waals surface area contributed by atoms with Crippen molar-refractivity contribution in [2.45, 2.75) is 116 Å². The minimum absolute atomic E-state index is 0.136. The van der Waals surface area contributed by atoms with Crippen LogP contribution < -0.4 is 0 Å². The SMILES string of the molecule is CC[C@H](CC(=O)OC(C)(C)C)C(=O)N1CC(F)(F)C[C@H]1Cc1c(-c2nc3cc(F)ccc3n2C[C@@H]2CC(F)(F)CN2C(=O)[C@@H](C)CC)[nH]c2cc(F)ccc12. The highest BCUT2D eigenvalue weighted by atomic mass is 19.3. The van der Waals surface area contributed by atoms with Gasteiger partial charge in [0.1, 0.15) is 17.2 Å². The number of benzene rings is 2. The summed E-state index contributed by atoms with van der Waals surface area (Å²) >= 11 is 0. The topological polar surface area (TPSA) is 101 Å². The summed E-state index contributed by atoms with van der Waals surface area (Å²) in [6, 6.07) is 5.70. The molecule has 0 aliphatic carbocycles. The number of imidazole rings is 1. The predicted molar refractivity (Wildman–Crippen MR) is 194 cm³/mol. The fourth-order valence-corrected chi connectivity index (χ4v) is 7.90. The Morgan fingerprint density at radius 2 is 1.53 bits per heavy atom. The van der Waals surface area contributed by atoms with E-state index in [0.717, 1.165) is 4.90 Å². The van der Waals surface area contributed by atoms with Crippen LogP contribution in [0.5, 0.6) is 0 Å². The van der Waals surface area contributed by atoms with E-state index in [1.165, 1.54) is 41.3 Å². The molecule has 4 aromatic rings. The molecule has 298 valence electrons. The number of likely N-dealkylation sites (tertiary alicyclic amines) is 2. The lowest BCUT2D eigenvalue weighted by molar-refractivity contribution is -0.158. The number of aromatic nitrogens is 3. The van der Waals surface area contributed by atoms with Crippen LogP contribution in [-0.4, -0.2) is 84.7 Å². The first-order valence-corrected chi connectivity index (χ1v) is 18.7. The van der Waals surface area contributed by atoms with E-state index in [4.69, 9.17) is 9.72 Å². The zero-order chi connectivity index (χ0) is 40.2. The van der Waals surface area contributed by atoms with Crippen molar-refractivity contribution in [1.82, 2.24) is 24.3 Å². The monoisotopic (exact) mass is 775 g/mol. The van der Waals surface area contributed by atoms with Crippen molar-refractivity contribution in [2.75, 3.05) is 13.1 Å². The number of hydrogen-bond acceptors (Lipinski definition) is 5. The first-order valence-electron chi connectivity index (χ1n) is 18.7. The number of amides is 2. The van der Waals surface area contributed by atoms with Gasteiger partial charge in [0.25, 0.3) is 11.8 Å². The number of carbonyl (C=O) groups excluding carboxylic acids is 3. The van der Waals surface area contributed by atoms with Gasteiger partial charge in [0.05, 0.1) is 42.3 Å². The molecule has 55 heavy (non-hydrogen) atoms. The number of halogens is 6. The Morgan fingerprint density at radius 1 is 0.909 bits per heavy atom. The minimum atomic E-state index is -3.26. The van der Waals surface area contributed by atoms with Gasteiger partial charge in [-0.25, -0.2) is 31.3 Å². The lowest BCUT2D eigenvalue weighted by Gasteiger charge is -2.29. The number of nitrogens with one attached hydrogen (secondary N) is 1. The molecular formula is C40H47F6N5O4. The minimum Gasteiger partial charge on any atom is -0.460 e. The highest BCUT2D eigenvalue weighted by Crippen LogP contribution is 2.41. The zero-order valence-electron chi connectivity index (χ0n) is 31.8. The van der Waals surface area contributed by atoms with Crippen molar-refractivity contribution in [2.24, 2.45) is 11.8 Å². The molecule has 4 atom stereocenters. The summed E-state index contributed by atoms with van der Waals surface area (Å²) in [5.74, 6) is -10.6. The van der Waals surface area contributed by atoms with Gasteiger partial charge in [0.2, 0.25) is 11.8 Å². The van der Waals surface area contributed by atoms with Crippen molar-refractivity contribution < 1.29 is 45.5 Å². The first kappa shape index (κ1) is 40.1. The Bertz CT molecular complexity index is 2110. The molecule has 2 amide bonds. The van der Waals surface area contributed by atoms with E-state index in [2.05, 4.69) is 4.98 Å². The quantitative estimate of drug-likeness (QED) is 0.122. The third-order valence-corrected chi connectivity index (χ3v) is 10.7. The highest BCUT2D eigenvalue weighted by Gasteiger charge is 2.50. The van der Waals surface area contributed by atoms with Gasteiger partial charge in [0.15, 0.2) is 5.82 Å². The summed E-state index contributed by atoms with van der Waals surface area (Å²) in [4.78, 5) is 50.2. The van der Waals surface area contributed by atoms with Crippen LogP contribution in [0.3, 0.4) is 0 Å². The van der Waals surface area contributed by atoms with E-state index in [9.17, 15) is 23.2 Å². The summed E-state index contributed by atoms with van der Waals surface area (Å²) < 4.78 is 96.9. The van der Waals surface area contributed by atoms with Gasteiger partial charge in [-0.2, -0.15) is 0 Å². The summed E-state index contributed by atoms with van der Waals surface area (Å²) in [6.45, 7) is 8.42. The summed E-state index contributed by atoms with van der Waals surface area (Å²) in [5, 5.41) is 0.450. The molecule has 2 aromatic heterocycles. The number of carbonyl (C=O) groups is 3. The standard InChI is InChI=1S/C40H47F6N5O4/c1-7-22(3)36(53)51-21-40(45,46)18-27(51)19-49-32-12-10-25(42)15-31(32)48-35(49)34-29(28-11-9-24(41)14-30(28)47-34)16-26-17-39(43,44)20-50(26)37(54)23(8-2)13-33(52)55-38(4,5)6/h9-12,14-15,22-23,26-27,47H,7-8,13,16-21H2,1-6H3/t22-,23+,26+,27-/m0/s1. The second-order valence-electron chi connectivity index (χ2n) is 16.1. The van der Waals surface area contributed by atoms with Gasteiger partial charge >= 0.3 is 5.97 Å². The second-order valence-corrected chi connectivity index (χ2v) is 16.1. The maximum absolute atomic E-state index is 15.3. The molecule has 0 saturated carbocycles. The average molecular weight is 776 g/mol. The predicted octanol–water partition coefficient (Wildman–Crippen LogP) is 8.28. The van der Waals surface area contributed by atoms with Gasteiger partial charge in [-0.05, 0) is 75.9 Å². The maximum Gasteiger partial charge on any atom is 0.307 e. The molecule has 6 rings (SSSR count). The van der Waals surface area contributed by atoms with E-state index in [1.807, 2.05) is 0 Å². The lowest BCUT2D eigenvalue weighted by atomic mass is 9.97. The van der Waals surface area contributed by atoms with Crippen LogP contribution in [0.25, 0.3) is 33.5 Å². The molecule has 2 aliphatic heterocycles. The van der Waals surface area contributed by atoms with Gasteiger partial charge in [0, 0.05) is 54.2 Å². The summed E-state index contributed by atoms with van der Waals surface area (Å²) in [6.07, 6.45) is -1.13. The lowest BCUT2D eigenvalue weighted by Crippen LogP contribution is -2.42. The van der Waals surface area contributed by atoms with E-state index in [1.54, 1.807) is 46.1 Å². The second kappa shape index (κ2) is 14.8. The number of alkyl halides is 4. The highest BCUT2D eigenvalue weighted by molar-refractivity contribution is 5.92. The number of H-pyrrole nitrogens is 1. The van der Waals surface area contributed by atoms with Crippen molar-refractivity contribution in [1.29, 1.82) is 0 Å². The molecule has 2 aliphatic rings. The number of aromatic amines is 1. The van der Waals surface area contributed by atoms with Gasteiger partial charge in [-0.1, -0.05) is 20.8 Å². The summed E-state index contributed by atoms with van der Waals surface area (Å²) in [7, 11) is 0.